The van der Waals surface area contributed by atoms with Crippen LogP contribution in [0.15, 0.2) is 30.6 Å². The van der Waals surface area contributed by atoms with Gasteiger partial charge in [0.15, 0.2) is 0 Å². The van der Waals surface area contributed by atoms with Crippen molar-refractivity contribution >= 4 is 23.1 Å². The minimum absolute atomic E-state index is 0.401. The zero-order valence-corrected chi connectivity index (χ0v) is 9.29. The van der Waals surface area contributed by atoms with E-state index >= 15 is 0 Å². The van der Waals surface area contributed by atoms with Crippen LogP contribution >= 0.6 is 11.6 Å². The van der Waals surface area contributed by atoms with Crippen LogP contribution in [0.1, 0.15) is 5.56 Å². The molecule has 1 aromatic carbocycles. The van der Waals surface area contributed by atoms with Gasteiger partial charge in [-0.2, -0.15) is 4.39 Å². The summed E-state index contributed by atoms with van der Waals surface area (Å²) in [6.45, 7) is 1.88. The largest absolute Gasteiger partial charge is 0.340 e. The molecule has 5 heteroatoms. The Bertz CT molecular complexity index is 516. The van der Waals surface area contributed by atoms with Gasteiger partial charge in [0.25, 0.3) is 0 Å². The van der Waals surface area contributed by atoms with E-state index in [4.69, 9.17) is 11.6 Å². The van der Waals surface area contributed by atoms with Gasteiger partial charge in [-0.15, -0.1) is 0 Å². The molecule has 0 unspecified atom stereocenters. The highest BCUT2D eigenvalue weighted by Gasteiger charge is 2.03. The summed E-state index contributed by atoms with van der Waals surface area (Å²) in [6, 6.07) is 6.68. The summed E-state index contributed by atoms with van der Waals surface area (Å²) in [7, 11) is 0. The number of hydrogen-bond acceptors (Lipinski definition) is 3. The Morgan fingerprint density at radius 1 is 1.31 bits per heavy atom. The van der Waals surface area contributed by atoms with E-state index in [0.717, 1.165) is 17.6 Å². The maximum Gasteiger partial charge on any atom is 0.218 e. The van der Waals surface area contributed by atoms with Crippen LogP contribution in [-0.4, -0.2) is 9.97 Å². The molecule has 0 aliphatic carbocycles. The molecular weight excluding hydrogens is 229 g/mol. The van der Waals surface area contributed by atoms with Crippen LogP contribution in [0.4, 0.5) is 15.9 Å². The van der Waals surface area contributed by atoms with Crippen molar-refractivity contribution < 1.29 is 4.39 Å². The zero-order chi connectivity index (χ0) is 11.5. The van der Waals surface area contributed by atoms with E-state index < -0.39 is 5.95 Å². The quantitative estimate of drug-likeness (QED) is 0.815. The maximum absolute atomic E-state index is 12.8. The van der Waals surface area contributed by atoms with Crippen LogP contribution in [-0.2, 0) is 0 Å². The fraction of sp³-hybridized carbons (Fsp3) is 0.0909. The van der Waals surface area contributed by atoms with Crippen molar-refractivity contribution in [2.24, 2.45) is 0 Å². The normalized spacial score (nSPS) is 10.2. The molecular formula is C11H9ClFN3. The van der Waals surface area contributed by atoms with Gasteiger partial charge in [0.2, 0.25) is 5.95 Å². The van der Waals surface area contributed by atoms with E-state index in [0.29, 0.717) is 10.8 Å². The van der Waals surface area contributed by atoms with Crippen molar-refractivity contribution in [3.05, 3.63) is 47.1 Å². The highest BCUT2D eigenvalue weighted by atomic mass is 35.5. The van der Waals surface area contributed by atoms with Crippen molar-refractivity contribution in [1.29, 1.82) is 0 Å². The van der Waals surface area contributed by atoms with Gasteiger partial charge < -0.3 is 5.32 Å². The van der Waals surface area contributed by atoms with Gasteiger partial charge in [-0.05, 0) is 24.6 Å². The second kappa shape index (κ2) is 4.45. The van der Waals surface area contributed by atoms with Gasteiger partial charge in [0, 0.05) is 16.8 Å². The molecule has 2 rings (SSSR count). The van der Waals surface area contributed by atoms with E-state index in [1.807, 2.05) is 19.1 Å². The summed E-state index contributed by atoms with van der Waals surface area (Å²) < 4.78 is 12.8. The number of halogens is 2. The molecule has 0 radical (unpaired) electrons. The number of benzene rings is 1. The predicted molar refractivity (Wildman–Crippen MR) is 61.5 cm³/mol. The minimum Gasteiger partial charge on any atom is -0.340 e. The third kappa shape index (κ3) is 2.28. The first-order chi connectivity index (χ1) is 7.66. The lowest BCUT2D eigenvalue weighted by molar-refractivity contribution is 0.580. The fourth-order valence-corrected chi connectivity index (χ4v) is 1.46. The summed E-state index contributed by atoms with van der Waals surface area (Å²) >= 11 is 5.96. The topological polar surface area (TPSA) is 37.8 Å². The van der Waals surface area contributed by atoms with Crippen LogP contribution in [0.3, 0.4) is 0 Å². The Kier molecular flexibility index (Phi) is 3.01. The van der Waals surface area contributed by atoms with Crippen molar-refractivity contribution in [2.75, 3.05) is 5.32 Å². The second-order valence-electron chi connectivity index (χ2n) is 3.26. The molecule has 1 heterocycles. The van der Waals surface area contributed by atoms with E-state index in [2.05, 4.69) is 15.3 Å². The molecule has 3 nitrogen and oxygen atoms in total. The Labute approximate surface area is 97.3 Å². The van der Waals surface area contributed by atoms with E-state index in [1.165, 1.54) is 6.07 Å². The number of hydrogen-bond donors (Lipinski definition) is 1. The van der Waals surface area contributed by atoms with Crippen molar-refractivity contribution in [3.63, 3.8) is 0 Å². The molecule has 0 aliphatic rings. The zero-order valence-electron chi connectivity index (χ0n) is 8.54. The lowest BCUT2D eigenvalue weighted by Gasteiger charge is -2.09. The van der Waals surface area contributed by atoms with Gasteiger partial charge in [0.1, 0.15) is 12.1 Å². The Hall–Kier alpha value is -1.68. The van der Waals surface area contributed by atoms with Gasteiger partial charge in [-0.1, -0.05) is 17.7 Å². The summed E-state index contributed by atoms with van der Waals surface area (Å²) in [5, 5.41) is 3.63. The van der Waals surface area contributed by atoms with Crippen LogP contribution < -0.4 is 5.32 Å². The monoisotopic (exact) mass is 237 g/mol. The summed E-state index contributed by atoms with van der Waals surface area (Å²) in [4.78, 5) is 7.28. The molecule has 2 aromatic rings. The third-order valence-electron chi connectivity index (χ3n) is 2.16. The van der Waals surface area contributed by atoms with E-state index in [1.54, 1.807) is 6.07 Å². The van der Waals surface area contributed by atoms with Crippen LogP contribution in [0.2, 0.25) is 5.02 Å². The molecule has 16 heavy (non-hydrogen) atoms. The fourth-order valence-electron chi connectivity index (χ4n) is 1.28. The van der Waals surface area contributed by atoms with Gasteiger partial charge >= 0.3 is 0 Å². The smallest absolute Gasteiger partial charge is 0.218 e. The van der Waals surface area contributed by atoms with Crippen LogP contribution in [0, 0.1) is 12.9 Å². The summed E-state index contributed by atoms with van der Waals surface area (Å²) in [6.07, 6.45) is 1.16. The number of nitrogens with zero attached hydrogens (tertiary/aromatic N) is 2. The number of rotatable bonds is 2. The Morgan fingerprint density at radius 3 is 2.88 bits per heavy atom. The molecule has 0 saturated carbocycles. The Morgan fingerprint density at radius 2 is 2.12 bits per heavy atom. The predicted octanol–water partition coefficient (Wildman–Crippen LogP) is 3.32. The first kappa shape index (κ1) is 10.8. The molecule has 0 aliphatic heterocycles. The molecule has 1 N–H and O–H groups in total. The lowest BCUT2D eigenvalue weighted by Crippen LogP contribution is -1.97. The molecule has 0 spiro atoms. The highest BCUT2D eigenvalue weighted by molar-refractivity contribution is 6.31. The number of aromatic nitrogens is 2. The lowest BCUT2D eigenvalue weighted by atomic mass is 10.2. The molecule has 0 fully saturated rings. The average Bonchev–Trinajstić information content (AvgIpc) is 2.25. The number of nitrogens with one attached hydrogen (secondary N) is 1. The minimum atomic E-state index is -0.572. The standard InChI is InChI=1S/C11H9ClFN3/c1-7-8(12)3-2-4-9(7)16-11-5-10(13)14-6-15-11/h2-6H,1H3,(H,14,15,16). The van der Waals surface area contributed by atoms with Crippen molar-refractivity contribution in [3.8, 4) is 0 Å². The maximum atomic E-state index is 12.8. The van der Waals surface area contributed by atoms with Crippen molar-refractivity contribution in [2.45, 2.75) is 6.92 Å². The summed E-state index contributed by atoms with van der Waals surface area (Å²) in [5.41, 5.74) is 1.69. The van der Waals surface area contributed by atoms with E-state index in [-0.39, 0.29) is 0 Å². The van der Waals surface area contributed by atoms with Gasteiger partial charge in [0.05, 0.1) is 0 Å². The first-order valence-corrected chi connectivity index (χ1v) is 5.04. The SMILES string of the molecule is Cc1c(Cl)cccc1Nc1cc(F)ncn1. The molecule has 0 amide bonds. The van der Waals surface area contributed by atoms with Crippen LogP contribution in [0.25, 0.3) is 0 Å². The molecule has 82 valence electrons. The second-order valence-corrected chi connectivity index (χ2v) is 3.67. The molecule has 1 aromatic heterocycles. The average molecular weight is 238 g/mol. The number of anilines is 2. The first-order valence-electron chi connectivity index (χ1n) is 4.66. The van der Waals surface area contributed by atoms with Crippen LogP contribution in [0.5, 0.6) is 0 Å². The Balaban J connectivity index is 2.31. The third-order valence-corrected chi connectivity index (χ3v) is 2.57. The van der Waals surface area contributed by atoms with Gasteiger partial charge in [-0.3, -0.25) is 0 Å². The summed E-state index contributed by atoms with van der Waals surface area (Å²) in [5.74, 6) is -0.171. The molecule has 0 bridgehead atoms. The molecule has 0 saturated heterocycles. The molecule has 0 atom stereocenters. The highest BCUT2D eigenvalue weighted by Crippen LogP contribution is 2.25. The van der Waals surface area contributed by atoms with Crippen molar-refractivity contribution in [1.82, 2.24) is 9.97 Å². The van der Waals surface area contributed by atoms with Gasteiger partial charge in [-0.25, -0.2) is 9.97 Å². The van der Waals surface area contributed by atoms with E-state index in [9.17, 15) is 4.39 Å².